The molecule has 0 aromatic heterocycles. The van der Waals surface area contributed by atoms with Crippen LogP contribution in [0.1, 0.15) is 24.8 Å². The minimum atomic E-state index is 0.482. The van der Waals surface area contributed by atoms with Crippen LogP contribution in [0, 0.1) is 0 Å². The van der Waals surface area contributed by atoms with Gasteiger partial charge in [-0.2, -0.15) is 0 Å². The molecule has 0 aliphatic rings. The Kier molecular flexibility index (Phi) is 4.23. The topological polar surface area (TPSA) is 26.0 Å². The molecule has 0 heterocycles. The van der Waals surface area contributed by atoms with Crippen LogP contribution in [0.25, 0.3) is 0 Å². The molecule has 72 valence electrons. The van der Waals surface area contributed by atoms with Crippen LogP contribution in [-0.2, 0) is 0 Å². The van der Waals surface area contributed by atoms with Crippen LogP contribution in [0.3, 0.4) is 0 Å². The van der Waals surface area contributed by atoms with Crippen LogP contribution < -0.4 is 5.73 Å². The molecule has 3 heteroatoms. The van der Waals surface area contributed by atoms with Crippen molar-refractivity contribution in [1.29, 1.82) is 0 Å². The lowest BCUT2D eigenvalue weighted by Crippen LogP contribution is -2.04. The molecule has 0 bridgehead atoms. The second-order valence-electron chi connectivity index (χ2n) is 3.15. The van der Waals surface area contributed by atoms with E-state index < -0.39 is 0 Å². The summed E-state index contributed by atoms with van der Waals surface area (Å²) in [6.45, 7) is 2.88. The predicted molar refractivity (Wildman–Crippen MR) is 61.2 cm³/mol. The number of rotatable bonds is 3. The van der Waals surface area contributed by atoms with Crippen LogP contribution in [0.4, 0.5) is 0 Å². The normalized spacial score (nSPS) is 12.9. The first-order valence-corrected chi connectivity index (χ1v) is 5.47. The predicted octanol–water partition coefficient (Wildman–Crippen LogP) is 3.55. The monoisotopic (exact) mass is 261 g/mol. The summed E-state index contributed by atoms with van der Waals surface area (Å²) in [6.07, 6.45) is 0.998. The van der Waals surface area contributed by atoms with Crippen LogP contribution in [-0.4, -0.2) is 6.54 Å². The lowest BCUT2D eigenvalue weighted by molar-refractivity contribution is 0.690. The Labute approximate surface area is 92.4 Å². The quantitative estimate of drug-likeness (QED) is 0.886. The zero-order chi connectivity index (χ0) is 9.84. The Balaban J connectivity index is 2.84. The van der Waals surface area contributed by atoms with Gasteiger partial charge in [-0.05, 0) is 52.5 Å². The molecule has 1 nitrogen and oxygen atoms in total. The maximum Gasteiger partial charge on any atom is 0.0550 e. The minimum absolute atomic E-state index is 0.482. The molecule has 0 aliphatic heterocycles. The van der Waals surface area contributed by atoms with Gasteiger partial charge in [-0.15, -0.1) is 0 Å². The fourth-order valence-electron chi connectivity index (χ4n) is 1.24. The first-order valence-electron chi connectivity index (χ1n) is 4.30. The number of nitrogens with two attached hydrogens (primary N) is 1. The largest absolute Gasteiger partial charge is 0.330 e. The van der Waals surface area contributed by atoms with Gasteiger partial charge in [-0.3, -0.25) is 0 Å². The Morgan fingerprint density at radius 1 is 1.54 bits per heavy atom. The van der Waals surface area contributed by atoms with Crippen LogP contribution in [0.5, 0.6) is 0 Å². The van der Waals surface area contributed by atoms with E-state index in [1.165, 1.54) is 5.56 Å². The van der Waals surface area contributed by atoms with Gasteiger partial charge >= 0.3 is 0 Å². The summed E-state index contributed by atoms with van der Waals surface area (Å²) in [4.78, 5) is 0. The Hall–Kier alpha value is -0.0500. The van der Waals surface area contributed by atoms with E-state index in [2.05, 4.69) is 28.9 Å². The van der Waals surface area contributed by atoms with Gasteiger partial charge in [0.1, 0.15) is 0 Å². The lowest BCUT2D eigenvalue weighted by atomic mass is 9.98. The Morgan fingerprint density at radius 3 is 2.77 bits per heavy atom. The average Bonchev–Trinajstić information content (AvgIpc) is 2.10. The highest BCUT2D eigenvalue weighted by atomic mass is 79.9. The van der Waals surface area contributed by atoms with Gasteiger partial charge in [0.25, 0.3) is 0 Å². The number of benzene rings is 1. The molecular formula is C10H13BrClN. The number of hydrogen-bond donors (Lipinski definition) is 1. The summed E-state index contributed by atoms with van der Waals surface area (Å²) in [6, 6.07) is 6.05. The van der Waals surface area contributed by atoms with E-state index in [1.54, 1.807) is 0 Å². The summed E-state index contributed by atoms with van der Waals surface area (Å²) < 4.78 is 0.942. The van der Waals surface area contributed by atoms with Crippen LogP contribution in [0.2, 0.25) is 5.02 Å². The van der Waals surface area contributed by atoms with Crippen molar-refractivity contribution in [2.45, 2.75) is 19.3 Å². The third-order valence-corrected chi connectivity index (χ3v) is 3.34. The third kappa shape index (κ3) is 2.97. The van der Waals surface area contributed by atoms with E-state index in [9.17, 15) is 0 Å². The summed E-state index contributed by atoms with van der Waals surface area (Å²) in [5, 5.41) is 0.765. The molecule has 1 aromatic rings. The second-order valence-corrected chi connectivity index (χ2v) is 4.41. The molecule has 0 saturated heterocycles. The molecule has 1 atom stereocenters. The third-order valence-electron chi connectivity index (χ3n) is 2.11. The van der Waals surface area contributed by atoms with Gasteiger partial charge in [0.2, 0.25) is 0 Å². The molecule has 1 aromatic carbocycles. The first-order chi connectivity index (χ1) is 6.15. The molecule has 0 aliphatic carbocycles. The smallest absolute Gasteiger partial charge is 0.0550 e. The molecule has 0 spiro atoms. The number of halogens is 2. The van der Waals surface area contributed by atoms with Crippen molar-refractivity contribution in [3.63, 3.8) is 0 Å². The van der Waals surface area contributed by atoms with Gasteiger partial charge < -0.3 is 5.73 Å². The molecule has 0 saturated carbocycles. The highest BCUT2D eigenvalue weighted by Gasteiger charge is 2.06. The van der Waals surface area contributed by atoms with E-state index in [-0.39, 0.29) is 0 Å². The zero-order valence-electron chi connectivity index (χ0n) is 7.56. The van der Waals surface area contributed by atoms with Crippen molar-refractivity contribution in [2.24, 2.45) is 5.73 Å². The van der Waals surface area contributed by atoms with Gasteiger partial charge in [-0.25, -0.2) is 0 Å². The van der Waals surface area contributed by atoms with Gasteiger partial charge in [0.05, 0.1) is 5.02 Å². The van der Waals surface area contributed by atoms with Crippen LogP contribution >= 0.6 is 27.5 Å². The Morgan fingerprint density at radius 2 is 2.23 bits per heavy atom. The zero-order valence-corrected chi connectivity index (χ0v) is 9.90. The lowest BCUT2D eigenvalue weighted by Gasteiger charge is -2.10. The highest BCUT2D eigenvalue weighted by molar-refractivity contribution is 9.10. The standard InChI is InChI=1S/C10H13BrClN/c1-7(4-5-13)8-2-3-9(11)10(12)6-8/h2-3,6-7H,4-5,13H2,1H3. The highest BCUT2D eigenvalue weighted by Crippen LogP contribution is 2.27. The molecule has 13 heavy (non-hydrogen) atoms. The molecule has 1 unspecified atom stereocenters. The molecule has 2 N–H and O–H groups in total. The van der Waals surface area contributed by atoms with Crippen molar-refractivity contribution in [1.82, 2.24) is 0 Å². The first kappa shape index (κ1) is 11.0. The van der Waals surface area contributed by atoms with Crippen molar-refractivity contribution in [3.8, 4) is 0 Å². The van der Waals surface area contributed by atoms with E-state index >= 15 is 0 Å². The van der Waals surface area contributed by atoms with Crippen molar-refractivity contribution in [3.05, 3.63) is 33.3 Å². The van der Waals surface area contributed by atoms with Gasteiger partial charge in [-0.1, -0.05) is 24.6 Å². The summed E-state index contributed by atoms with van der Waals surface area (Å²) >= 11 is 9.34. The minimum Gasteiger partial charge on any atom is -0.330 e. The van der Waals surface area contributed by atoms with Crippen molar-refractivity contribution in [2.75, 3.05) is 6.54 Å². The van der Waals surface area contributed by atoms with Crippen molar-refractivity contribution >= 4 is 27.5 Å². The summed E-state index contributed by atoms with van der Waals surface area (Å²) in [5.74, 6) is 0.482. The second kappa shape index (κ2) is 4.99. The van der Waals surface area contributed by atoms with Gasteiger partial charge in [0.15, 0.2) is 0 Å². The fraction of sp³-hybridized carbons (Fsp3) is 0.400. The number of hydrogen-bond acceptors (Lipinski definition) is 1. The van der Waals surface area contributed by atoms with Gasteiger partial charge in [0, 0.05) is 4.47 Å². The SMILES string of the molecule is CC(CCN)c1ccc(Br)c(Cl)c1. The average molecular weight is 263 g/mol. The molecule has 1 rings (SSSR count). The van der Waals surface area contributed by atoms with E-state index in [4.69, 9.17) is 17.3 Å². The maximum atomic E-state index is 5.98. The summed E-state index contributed by atoms with van der Waals surface area (Å²) in [7, 11) is 0. The van der Waals surface area contributed by atoms with E-state index in [0.29, 0.717) is 5.92 Å². The summed E-state index contributed by atoms with van der Waals surface area (Å²) in [5.41, 5.74) is 6.74. The fourth-order valence-corrected chi connectivity index (χ4v) is 1.67. The van der Waals surface area contributed by atoms with E-state index in [0.717, 1.165) is 22.5 Å². The molecule has 0 radical (unpaired) electrons. The van der Waals surface area contributed by atoms with E-state index in [1.807, 2.05) is 12.1 Å². The van der Waals surface area contributed by atoms with Crippen LogP contribution in [0.15, 0.2) is 22.7 Å². The van der Waals surface area contributed by atoms with Crippen molar-refractivity contribution < 1.29 is 0 Å². The molecular weight excluding hydrogens is 249 g/mol. The Bertz CT molecular complexity index is 288. The molecule has 0 fully saturated rings. The molecule has 0 amide bonds. The maximum absolute atomic E-state index is 5.98.